The van der Waals surface area contributed by atoms with Crippen molar-refractivity contribution in [1.29, 1.82) is 0 Å². The van der Waals surface area contributed by atoms with Gasteiger partial charge in [-0.1, -0.05) is 36.4 Å². The van der Waals surface area contributed by atoms with Gasteiger partial charge in [-0.05, 0) is 11.1 Å². The number of nitrogens with zero attached hydrogens (tertiary/aromatic N) is 1. The lowest BCUT2D eigenvalue weighted by Crippen LogP contribution is -2.19. The van der Waals surface area contributed by atoms with E-state index in [1.807, 2.05) is 0 Å². The molecule has 0 fully saturated rings. The average Bonchev–Trinajstić information content (AvgIpc) is 2.59. The minimum absolute atomic E-state index is 0.785. The maximum Gasteiger partial charge on any atom is 0.0243 e. The molecule has 0 bridgehead atoms. The van der Waals surface area contributed by atoms with E-state index in [4.69, 9.17) is 0 Å². The summed E-state index contributed by atoms with van der Waals surface area (Å²) in [4.78, 5) is 2.41. The van der Waals surface area contributed by atoms with Crippen LogP contribution in [0, 0.1) is 0 Å². The Balaban J connectivity index is 2.01. The number of hydrogen-bond acceptors (Lipinski definition) is 2. The zero-order chi connectivity index (χ0) is 9.97. The first-order valence-corrected chi connectivity index (χ1v) is 5.49. The number of rotatable bonds is 3. The normalized spacial score (nSPS) is 15.5. The molecule has 0 aromatic heterocycles. The lowest BCUT2D eigenvalue weighted by atomic mass is 10.1. The van der Waals surface area contributed by atoms with Crippen LogP contribution in [-0.2, 0) is 13.1 Å². The molecule has 0 unspecified atom stereocenters. The second-order valence-electron chi connectivity index (χ2n) is 3.82. The van der Waals surface area contributed by atoms with Crippen LogP contribution in [0.3, 0.4) is 0 Å². The lowest BCUT2D eigenvalue weighted by molar-refractivity contribution is 0.310. The molecule has 1 aliphatic rings. The Hall–Kier alpha value is -0.730. The maximum absolute atomic E-state index is 4.22. The third-order valence-corrected chi connectivity index (χ3v) is 3.02. The summed E-state index contributed by atoms with van der Waals surface area (Å²) in [7, 11) is 0. The molecule has 0 radical (unpaired) electrons. The molecule has 0 saturated heterocycles. The van der Waals surface area contributed by atoms with Gasteiger partial charge in [0.2, 0.25) is 0 Å². The van der Waals surface area contributed by atoms with E-state index in [1.54, 1.807) is 0 Å². The first-order chi connectivity index (χ1) is 6.79. The predicted octanol–water partition coefficient (Wildman–Crippen LogP) is 2.49. The molecule has 1 aliphatic heterocycles. The lowest BCUT2D eigenvalue weighted by Gasteiger charge is -2.15. The van der Waals surface area contributed by atoms with Crippen LogP contribution in [0.2, 0.25) is 0 Å². The first-order valence-electron chi connectivity index (χ1n) is 4.86. The molecule has 14 heavy (non-hydrogen) atoms. The second-order valence-corrected chi connectivity index (χ2v) is 4.14. The summed E-state index contributed by atoms with van der Waals surface area (Å²) in [6.45, 7) is 7.07. The summed E-state index contributed by atoms with van der Waals surface area (Å²) in [5.41, 5.74) is 4.11. The molecule has 74 valence electrons. The van der Waals surface area contributed by atoms with Gasteiger partial charge in [-0.3, -0.25) is 4.90 Å². The van der Waals surface area contributed by atoms with Gasteiger partial charge in [-0.25, -0.2) is 0 Å². The van der Waals surface area contributed by atoms with Crippen molar-refractivity contribution in [2.24, 2.45) is 0 Å². The molecule has 2 rings (SSSR count). The van der Waals surface area contributed by atoms with Crippen LogP contribution >= 0.6 is 12.6 Å². The van der Waals surface area contributed by atoms with Gasteiger partial charge in [0.15, 0.2) is 0 Å². The summed E-state index contributed by atoms with van der Waals surface area (Å²) < 4.78 is 0. The molecule has 0 N–H and O–H groups in total. The topological polar surface area (TPSA) is 3.24 Å². The molecule has 1 aromatic carbocycles. The van der Waals surface area contributed by atoms with E-state index in [2.05, 4.69) is 48.4 Å². The molecule has 0 amide bonds. The van der Waals surface area contributed by atoms with Gasteiger partial charge in [0.1, 0.15) is 0 Å². The molecule has 0 spiro atoms. The van der Waals surface area contributed by atoms with Crippen LogP contribution < -0.4 is 0 Å². The first kappa shape index (κ1) is 9.81. The Kier molecular flexibility index (Phi) is 2.94. The Labute approximate surface area is 90.8 Å². The average molecular weight is 205 g/mol. The van der Waals surface area contributed by atoms with Crippen molar-refractivity contribution < 1.29 is 0 Å². The molecule has 0 atom stereocenters. The highest BCUT2D eigenvalue weighted by Crippen LogP contribution is 2.22. The van der Waals surface area contributed by atoms with Crippen molar-refractivity contribution >= 4 is 12.6 Å². The van der Waals surface area contributed by atoms with Gasteiger partial charge in [0.05, 0.1) is 0 Å². The number of thiol groups is 1. The zero-order valence-electron chi connectivity index (χ0n) is 8.24. The summed E-state index contributed by atoms with van der Waals surface area (Å²) in [6.07, 6.45) is 0. The van der Waals surface area contributed by atoms with E-state index in [0.717, 1.165) is 25.4 Å². The third kappa shape index (κ3) is 2.02. The fraction of sp³-hybridized carbons (Fsp3) is 0.333. The van der Waals surface area contributed by atoms with E-state index in [1.165, 1.54) is 16.7 Å². The summed E-state index contributed by atoms with van der Waals surface area (Å²) in [5.74, 6) is 0.785. The minimum atomic E-state index is 0.785. The highest BCUT2D eigenvalue weighted by molar-refractivity contribution is 7.80. The fourth-order valence-electron chi connectivity index (χ4n) is 1.88. The highest BCUT2D eigenvalue weighted by Gasteiger charge is 2.17. The smallest absolute Gasteiger partial charge is 0.0243 e. The number of hydrogen-bond donors (Lipinski definition) is 1. The molecule has 2 heteroatoms. The Morgan fingerprint density at radius 1 is 1.29 bits per heavy atom. The quantitative estimate of drug-likeness (QED) is 0.586. The Morgan fingerprint density at radius 3 is 2.36 bits per heavy atom. The van der Waals surface area contributed by atoms with Crippen LogP contribution in [0.5, 0.6) is 0 Å². The van der Waals surface area contributed by atoms with Crippen molar-refractivity contribution in [3.05, 3.63) is 47.5 Å². The van der Waals surface area contributed by atoms with E-state index in [0.29, 0.717) is 0 Å². The van der Waals surface area contributed by atoms with E-state index in [9.17, 15) is 0 Å². The van der Waals surface area contributed by atoms with Crippen molar-refractivity contribution in [3.8, 4) is 0 Å². The predicted molar refractivity (Wildman–Crippen MR) is 63.5 cm³/mol. The second kappa shape index (κ2) is 4.20. The van der Waals surface area contributed by atoms with Gasteiger partial charge in [-0.2, -0.15) is 12.6 Å². The Bertz CT molecular complexity index is 321. The van der Waals surface area contributed by atoms with Gasteiger partial charge < -0.3 is 0 Å². The Morgan fingerprint density at radius 2 is 1.86 bits per heavy atom. The van der Waals surface area contributed by atoms with E-state index in [-0.39, 0.29) is 0 Å². The van der Waals surface area contributed by atoms with Crippen LogP contribution in [0.1, 0.15) is 11.1 Å². The van der Waals surface area contributed by atoms with Crippen LogP contribution in [0.4, 0.5) is 0 Å². The minimum Gasteiger partial charge on any atom is -0.291 e. The molecule has 1 heterocycles. The van der Waals surface area contributed by atoms with Gasteiger partial charge in [0.25, 0.3) is 0 Å². The molecule has 0 saturated carbocycles. The van der Waals surface area contributed by atoms with E-state index >= 15 is 0 Å². The van der Waals surface area contributed by atoms with Gasteiger partial charge >= 0.3 is 0 Å². The highest BCUT2D eigenvalue weighted by atomic mass is 32.1. The van der Waals surface area contributed by atoms with Gasteiger partial charge in [-0.15, -0.1) is 0 Å². The summed E-state index contributed by atoms with van der Waals surface area (Å²) >= 11 is 4.22. The molecular weight excluding hydrogens is 190 g/mol. The molecule has 1 aromatic rings. The summed E-state index contributed by atoms with van der Waals surface area (Å²) in [6, 6.07) is 8.63. The van der Waals surface area contributed by atoms with Crippen molar-refractivity contribution in [2.45, 2.75) is 13.1 Å². The maximum atomic E-state index is 4.22. The van der Waals surface area contributed by atoms with Crippen LogP contribution in [-0.4, -0.2) is 17.2 Å². The zero-order valence-corrected chi connectivity index (χ0v) is 9.13. The molecule has 1 nitrogen and oxygen atoms in total. The summed E-state index contributed by atoms with van der Waals surface area (Å²) in [5, 5.41) is 0. The van der Waals surface area contributed by atoms with Crippen LogP contribution in [0.15, 0.2) is 36.4 Å². The monoisotopic (exact) mass is 205 g/mol. The standard InChI is InChI=1S/C12H15NS/c1-10(9-14)6-13-7-11-4-2-3-5-12(11)8-13/h2-5,14H,1,6-9H2. The molecular formula is C12H15NS. The SMILES string of the molecule is C=C(CS)CN1Cc2ccccc2C1. The van der Waals surface area contributed by atoms with Crippen molar-refractivity contribution in [2.75, 3.05) is 12.3 Å². The van der Waals surface area contributed by atoms with Crippen molar-refractivity contribution in [1.82, 2.24) is 4.90 Å². The number of fused-ring (bicyclic) bond motifs is 1. The largest absolute Gasteiger partial charge is 0.291 e. The third-order valence-electron chi connectivity index (χ3n) is 2.58. The number of benzene rings is 1. The molecule has 0 aliphatic carbocycles. The van der Waals surface area contributed by atoms with Gasteiger partial charge in [0, 0.05) is 25.4 Å². The van der Waals surface area contributed by atoms with E-state index < -0.39 is 0 Å². The van der Waals surface area contributed by atoms with Crippen LogP contribution in [0.25, 0.3) is 0 Å². The van der Waals surface area contributed by atoms with Crippen molar-refractivity contribution in [3.63, 3.8) is 0 Å². The fourth-order valence-corrected chi connectivity index (χ4v) is 1.98.